The zero-order valence-electron chi connectivity index (χ0n) is 9.58. The molecule has 2 N–H and O–H groups in total. The summed E-state index contributed by atoms with van der Waals surface area (Å²) in [4.78, 5) is 0. The minimum absolute atomic E-state index is 0.0413. The third-order valence-corrected chi connectivity index (χ3v) is 3.95. The standard InChI is InChI=1S/C14H21N/c1-12(13-8-4-2-5-9-13)14(15)10-6-3-7-11-14/h2,4-5,8-9,12H,3,6-7,10-11,15H2,1H3. The average Bonchev–Trinajstić information content (AvgIpc) is 2.30. The van der Waals surface area contributed by atoms with E-state index in [1.54, 1.807) is 0 Å². The topological polar surface area (TPSA) is 26.0 Å². The Bertz CT molecular complexity index is 298. The molecule has 0 saturated heterocycles. The van der Waals surface area contributed by atoms with Gasteiger partial charge in [0.1, 0.15) is 0 Å². The third-order valence-electron chi connectivity index (χ3n) is 3.95. The zero-order valence-corrected chi connectivity index (χ0v) is 9.58. The van der Waals surface area contributed by atoms with E-state index in [0.717, 1.165) is 0 Å². The van der Waals surface area contributed by atoms with Gasteiger partial charge in [-0.3, -0.25) is 0 Å². The lowest BCUT2D eigenvalue weighted by atomic mass is 9.72. The number of nitrogens with two attached hydrogens (primary N) is 1. The molecule has 1 aliphatic carbocycles. The second-order valence-corrected chi connectivity index (χ2v) is 4.93. The van der Waals surface area contributed by atoms with E-state index in [1.807, 2.05) is 0 Å². The summed E-state index contributed by atoms with van der Waals surface area (Å²) >= 11 is 0. The smallest absolute Gasteiger partial charge is 0.0221 e. The van der Waals surface area contributed by atoms with Crippen LogP contribution in [0.2, 0.25) is 0 Å². The van der Waals surface area contributed by atoms with Gasteiger partial charge in [0.15, 0.2) is 0 Å². The molecule has 1 saturated carbocycles. The van der Waals surface area contributed by atoms with Crippen LogP contribution in [-0.4, -0.2) is 5.54 Å². The molecule has 2 rings (SSSR count). The van der Waals surface area contributed by atoms with Crippen molar-refractivity contribution in [1.29, 1.82) is 0 Å². The average molecular weight is 203 g/mol. The summed E-state index contributed by atoms with van der Waals surface area (Å²) < 4.78 is 0. The highest BCUT2D eigenvalue weighted by atomic mass is 14.8. The Morgan fingerprint density at radius 1 is 1.07 bits per heavy atom. The molecule has 0 aliphatic heterocycles. The third kappa shape index (κ3) is 2.23. The number of benzene rings is 1. The molecule has 1 atom stereocenters. The van der Waals surface area contributed by atoms with Gasteiger partial charge in [0.05, 0.1) is 0 Å². The van der Waals surface area contributed by atoms with Crippen LogP contribution in [0.15, 0.2) is 30.3 Å². The van der Waals surface area contributed by atoms with Crippen molar-refractivity contribution in [2.24, 2.45) is 5.73 Å². The molecule has 0 amide bonds. The lowest BCUT2D eigenvalue weighted by Gasteiger charge is -2.39. The Labute approximate surface area is 92.7 Å². The first-order valence-corrected chi connectivity index (χ1v) is 6.06. The molecule has 1 unspecified atom stereocenters. The predicted molar refractivity (Wildman–Crippen MR) is 64.9 cm³/mol. The van der Waals surface area contributed by atoms with Gasteiger partial charge in [0, 0.05) is 5.54 Å². The molecule has 0 radical (unpaired) electrons. The van der Waals surface area contributed by atoms with Crippen molar-refractivity contribution in [2.45, 2.75) is 50.5 Å². The van der Waals surface area contributed by atoms with E-state index in [0.29, 0.717) is 5.92 Å². The largest absolute Gasteiger partial charge is 0.325 e. The fourth-order valence-corrected chi connectivity index (χ4v) is 2.72. The number of rotatable bonds is 2. The van der Waals surface area contributed by atoms with Gasteiger partial charge < -0.3 is 5.73 Å². The Balaban J connectivity index is 2.16. The summed E-state index contributed by atoms with van der Waals surface area (Å²) in [6.07, 6.45) is 6.33. The Hall–Kier alpha value is -0.820. The van der Waals surface area contributed by atoms with Crippen LogP contribution in [0.25, 0.3) is 0 Å². The number of hydrogen-bond acceptors (Lipinski definition) is 1. The van der Waals surface area contributed by atoms with E-state index in [-0.39, 0.29) is 5.54 Å². The van der Waals surface area contributed by atoms with E-state index < -0.39 is 0 Å². The van der Waals surface area contributed by atoms with Crippen molar-refractivity contribution in [1.82, 2.24) is 0 Å². The van der Waals surface area contributed by atoms with Gasteiger partial charge in [-0.05, 0) is 24.3 Å². The van der Waals surface area contributed by atoms with Crippen molar-refractivity contribution in [3.63, 3.8) is 0 Å². The van der Waals surface area contributed by atoms with Crippen LogP contribution in [0.1, 0.15) is 50.5 Å². The highest BCUT2D eigenvalue weighted by molar-refractivity contribution is 5.23. The van der Waals surface area contributed by atoms with Crippen LogP contribution < -0.4 is 5.73 Å². The summed E-state index contributed by atoms with van der Waals surface area (Å²) in [6.45, 7) is 2.28. The molecule has 1 nitrogen and oxygen atoms in total. The van der Waals surface area contributed by atoms with E-state index in [2.05, 4.69) is 37.3 Å². The summed E-state index contributed by atoms with van der Waals surface area (Å²) in [5, 5.41) is 0. The lowest BCUT2D eigenvalue weighted by molar-refractivity contribution is 0.256. The minimum atomic E-state index is 0.0413. The molecule has 1 heteroatoms. The summed E-state index contributed by atoms with van der Waals surface area (Å²) in [5.41, 5.74) is 7.97. The predicted octanol–water partition coefficient (Wildman–Crippen LogP) is 3.45. The molecule has 0 spiro atoms. The zero-order chi connectivity index (χ0) is 10.7. The minimum Gasteiger partial charge on any atom is -0.325 e. The molecule has 1 aliphatic rings. The van der Waals surface area contributed by atoms with Crippen LogP contribution in [0.5, 0.6) is 0 Å². The van der Waals surface area contributed by atoms with Crippen LogP contribution in [0.4, 0.5) is 0 Å². The van der Waals surface area contributed by atoms with Crippen molar-refractivity contribution < 1.29 is 0 Å². The fraction of sp³-hybridized carbons (Fsp3) is 0.571. The van der Waals surface area contributed by atoms with Gasteiger partial charge in [-0.25, -0.2) is 0 Å². The van der Waals surface area contributed by atoms with Crippen LogP contribution in [-0.2, 0) is 0 Å². The maximum absolute atomic E-state index is 6.53. The van der Waals surface area contributed by atoms with Gasteiger partial charge in [0.25, 0.3) is 0 Å². The van der Waals surface area contributed by atoms with Crippen molar-refractivity contribution in [3.05, 3.63) is 35.9 Å². The molecule has 82 valence electrons. The molecular weight excluding hydrogens is 182 g/mol. The molecule has 0 heterocycles. The first kappa shape index (κ1) is 10.7. The van der Waals surface area contributed by atoms with E-state index in [9.17, 15) is 0 Å². The highest BCUT2D eigenvalue weighted by Gasteiger charge is 2.33. The van der Waals surface area contributed by atoms with Gasteiger partial charge in [-0.15, -0.1) is 0 Å². The SMILES string of the molecule is CC(c1ccccc1)C1(N)CCCCC1. The maximum Gasteiger partial charge on any atom is 0.0221 e. The highest BCUT2D eigenvalue weighted by Crippen LogP contribution is 2.37. The van der Waals surface area contributed by atoms with E-state index in [4.69, 9.17) is 5.73 Å². The monoisotopic (exact) mass is 203 g/mol. The van der Waals surface area contributed by atoms with Gasteiger partial charge in [-0.2, -0.15) is 0 Å². The van der Waals surface area contributed by atoms with E-state index >= 15 is 0 Å². The van der Waals surface area contributed by atoms with Crippen LogP contribution >= 0.6 is 0 Å². The first-order chi connectivity index (χ1) is 7.22. The first-order valence-electron chi connectivity index (χ1n) is 6.06. The molecule has 0 aromatic heterocycles. The van der Waals surface area contributed by atoms with Gasteiger partial charge in [0.2, 0.25) is 0 Å². The van der Waals surface area contributed by atoms with Crippen LogP contribution in [0, 0.1) is 0 Å². The molecule has 15 heavy (non-hydrogen) atoms. The van der Waals surface area contributed by atoms with Gasteiger partial charge >= 0.3 is 0 Å². The molecule has 1 fully saturated rings. The normalized spacial score (nSPS) is 22.3. The molecular formula is C14H21N. The summed E-state index contributed by atoms with van der Waals surface area (Å²) in [5.74, 6) is 0.485. The van der Waals surface area contributed by atoms with Crippen molar-refractivity contribution in [3.8, 4) is 0 Å². The van der Waals surface area contributed by atoms with Crippen molar-refractivity contribution >= 4 is 0 Å². The fourth-order valence-electron chi connectivity index (χ4n) is 2.72. The summed E-state index contributed by atoms with van der Waals surface area (Å²) in [6, 6.07) is 10.7. The quantitative estimate of drug-likeness (QED) is 0.782. The maximum atomic E-state index is 6.53. The molecule has 1 aromatic rings. The Kier molecular flexibility index (Phi) is 3.11. The van der Waals surface area contributed by atoms with Crippen LogP contribution in [0.3, 0.4) is 0 Å². The Morgan fingerprint density at radius 2 is 1.67 bits per heavy atom. The number of hydrogen-bond donors (Lipinski definition) is 1. The van der Waals surface area contributed by atoms with E-state index in [1.165, 1.54) is 37.7 Å². The van der Waals surface area contributed by atoms with Gasteiger partial charge in [-0.1, -0.05) is 56.5 Å². The molecule has 0 bridgehead atoms. The molecule has 1 aromatic carbocycles. The summed E-state index contributed by atoms with van der Waals surface area (Å²) in [7, 11) is 0. The lowest BCUT2D eigenvalue weighted by Crippen LogP contribution is -2.46. The second kappa shape index (κ2) is 4.36. The van der Waals surface area contributed by atoms with Crippen molar-refractivity contribution in [2.75, 3.05) is 0 Å². The Morgan fingerprint density at radius 3 is 2.27 bits per heavy atom. The second-order valence-electron chi connectivity index (χ2n) is 4.93.